The smallest absolute Gasteiger partial charge is 0.338 e. The fraction of sp³-hybridized carbons (Fsp3) is 0.400. The molecule has 0 spiro atoms. The van der Waals surface area contributed by atoms with Crippen molar-refractivity contribution in [2.75, 3.05) is 6.61 Å². The molecule has 0 saturated heterocycles. The van der Waals surface area contributed by atoms with Crippen molar-refractivity contribution in [3.63, 3.8) is 0 Å². The molecule has 0 amide bonds. The maximum atomic E-state index is 11.7. The lowest BCUT2D eigenvalue weighted by Gasteiger charge is -2.15. The number of esters is 1. The molecule has 0 heterocycles. The Labute approximate surface area is 122 Å². The van der Waals surface area contributed by atoms with Crippen LogP contribution in [0, 0.1) is 0 Å². The van der Waals surface area contributed by atoms with Crippen LogP contribution in [0.3, 0.4) is 0 Å². The number of hydrogen-bond acceptors (Lipinski definition) is 3. The molecule has 4 heteroatoms. The van der Waals surface area contributed by atoms with Crippen molar-refractivity contribution >= 4 is 27.5 Å². The Hall–Kier alpha value is -1.29. The number of alkyl halides is 1. The summed E-state index contributed by atoms with van der Waals surface area (Å²) in [6.45, 7) is 10.0. The van der Waals surface area contributed by atoms with E-state index in [0.29, 0.717) is 17.9 Å². The molecule has 0 fully saturated rings. The number of halogens is 1. The lowest BCUT2D eigenvalue weighted by Crippen LogP contribution is -2.08. The molecule has 1 aromatic rings. The standard InChI is InChI=1S/C15H19BrO3/c1-5-10(3)13-8-7-12(15(17)18-6-2)9-14(13)19-11(4)16/h7-9,11H,3,5-6H2,1-2,4H3. The Balaban J connectivity index is 3.14. The van der Waals surface area contributed by atoms with Gasteiger partial charge in [-0.1, -0.05) is 19.6 Å². The minimum atomic E-state index is -0.344. The fourth-order valence-electron chi connectivity index (χ4n) is 1.62. The fourth-order valence-corrected chi connectivity index (χ4v) is 1.82. The van der Waals surface area contributed by atoms with E-state index in [0.717, 1.165) is 17.6 Å². The van der Waals surface area contributed by atoms with Crippen LogP contribution in [0.5, 0.6) is 5.75 Å². The van der Waals surface area contributed by atoms with Crippen molar-refractivity contribution in [3.05, 3.63) is 35.9 Å². The van der Waals surface area contributed by atoms with Crippen LogP contribution in [-0.4, -0.2) is 17.6 Å². The summed E-state index contributed by atoms with van der Waals surface area (Å²) in [5, 5.41) is -0.145. The largest absolute Gasteiger partial charge is 0.479 e. The van der Waals surface area contributed by atoms with E-state index < -0.39 is 0 Å². The second-order valence-corrected chi connectivity index (χ2v) is 5.34. The van der Waals surface area contributed by atoms with Crippen LogP contribution >= 0.6 is 15.9 Å². The number of ether oxygens (including phenoxy) is 2. The molecule has 0 aliphatic rings. The Bertz CT molecular complexity index is 466. The van der Waals surface area contributed by atoms with Gasteiger partial charge in [0, 0.05) is 5.56 Å². The van der Waals surface area contributed by atoms with Gasteiger partial charge in [0.05, 0.1) is 12.2 Å². The summed E-state index contributed by atoms with van der Waals surface area (Å²) in [6, 6.07) is 5.29. The second kappa shape index (κ2) is 7.34. The Kier molecular flexibility index (Phi) is 6.09. The van der Waals surface area contributed by atoms with Crippen molar-refractivity contribution in [2.45, 2.75) is 32.2 Å². The highest BCUT2D eigenvalue weighted by Crippen LogP contribution is 2.30. The number of rotatable bonds is 6. The molecule has 0 aromatic heterocycles. The molecule has 0 radical (unpaired) electrons. The van der Waals surface area contributed by atoms with Gasteiger partial charge in [0.2, 0.25) is 0 Å². The predicted molar refractivity (Wildman–Crippen MR) is 80.7 cm³/mol. The number of allylic oxidation sites excluding steroid dienone is 1. The monoisotopic (exact) mass is 326 g/mol. The molecule has 1 aromatic carbocycles. The summed E-state index contributed by atoms with van der Waals surface area (Å²) in [6.07, 6.45) is 0.825. The van der Waals surface area contributed by atoms with E-state index in [-0.39, 0.29) is 11.0 Å². The van der Waals surface area contributed by atoms with E-state index in [2.05, 4.69) is 22.5 Å². The molecule has 0 aliphatic heterocycles. The minimum Gasteiger partial charge on any atom is -0.479 e. The van der Waals surface area contributed by atoms with Crippen molar-refractivity contribution < 1.29 is 14.3 Å². The minimum absolute atomic E-state index is 0.145. The summed E-state index contributed by atoms with van der Waals surface area (Å²) in [5.41, 5.74) is 2.37. The van der Waals surface area contributed by atoms with Gasteiger partial charge in [-0.3, -0.25) is 0 Å². The van der Waals surface area contributed by atoms with Crippen LogP contribution in [0.15, 0.2) is 24.8 Å². The first-order valence-corrected chi connectivity index (χ1v) is 7.21. The summed E-state index contributed by atoms with van der Waals surface area (Å²) < 4.78 is 10.7. The molecular formula is C15H19BrO3. The van der Waals surface area contributed by atoms with Crippen LogP contribution < -0.4 is 4.74 Å². The SMILES string of the molecule is C=C(CC)c1ccc(C(=O)OCC)cc1OC(C)Br. The zero-order valence-electron chi connectivity index (χ0n) is 11.5. The highest BCUT2D eigenvalue weighted by atomic mass is 79.9. The van der Waals surface area contributed by atoms with Gasteiger partial charge in [0.1, 0.15) is 5.75 Å². The Morgan fingerprint density at radius 2 is 2.11 bits per heavy atom. The number of benzene rings is 1. The Morgan fingerprint density at radius 1 is 1.42 bits per heavy atom. The molecule has 0 N–H and O–H groups in total. The van der Waals surface area contributed by atoms with E-state index in [1.807, 2.05) is 19.9 Å². The lowest BCUT2D eigenvalue weighted by atomic mass is 10.0. The van der Waals surface area contributed by atoms with Crippen LogP contribution in [0.2, 0.25) is 0 Å². The van der Waals surface area contributed by atoms with Crippen molar-refractivity contribution in [1.82, 2.24) is 0 Å². The van der Waals surface area contributed by atoms with E-state index in [1.165, 1.54) is 0 Å². The molecule has 0 saturated carbocycles. The first kappa shape index (κ1) is 15.8. The van der Waals surface area contributed by atoms with E-state index >= 15 is 0 Å². The van der Waals surface area contributed by atoms with E-state index in [9.17, 15) is 4.79 Å². The van der Waals surface area contributed by atoms with E-state index in [1.54, 1.807) is 19.1 Å². The summed E-state index contributed by atoms with van der Waals surface area (Å²) >= 11 is 3.34. The molecule has 0 aliphatic carbocycles. The maximum Gasteiger partial charge on any atom is 0.338 e. The van der Waals surface area contributed by atoms with Crippen molar-refractivity contribution in [1.29, 1.82) is 0 Å². The van der Waals surface area contributed by atoms with Crippen LogP contribution in [-0.2, 0) is 4.74 Å². The van der Waals surface area contributed by atoms with Crippen LogP contribution in [0.25, 0.3) is 5.57 Å². The number of carbonyl (C=O) groups is 1. The first-order chi connectivity index (χ1) is 8.99. The summed E-state index contributed by atoms with van der Waals surface area (Å²) in [7, 11) is 0. The van der Waals surface area contributed by atoms with Crippen LogP contribution in [0.4, 0.5) is 0 Å². The molecular weight excluding hydrogens is 308 g/mol. The van der Waals surface area contributed by atoms with Gasteiger partial charge in [-0.25, -0.2) is 4.79 Å². The second-order valence-electron chi connectivity index (χ2n) is 4.05. The molecule has 104 valence electrons. The van der Waals surface area contributed by atoms with E-state index in [4.69, 9.17) is 9.47 Å². The van der Waals surface area contributed by atoms with Gasteiger partial charge < -0.3 is 9.47 Å². The van der Waals surface area contributed by atoms with Crippen molar-refractivity contribution in [3.8, 4) is 5.75 Å². The molecule has 3 nitrogen and oxygen atoms in total. The molecule has 0 bridgehead atoms. The third-order valence-electron chi connectivity index (χ3n) is 2.59. The van der Waals surface area contributed by atoms with Crippen molar-refractivity contribution in [2.24, 2.45) is 0 Å². The number of hydrogen-bond donors (Lipinski definition) is 0. The quantitative estimate of drug-likeness (QED) is 0.574. The molecule has 1 atom stereocenters. The summed E-state index contributed by atoms with van der Waals surface area (Å²) in [4.78, 5) is 11.7. The molecule has 19 heavy (non-hydrogen) atoms. The van der Waals surface area contributed by atoms with Gasteiger partial charge >= 0.3 is 5.97 Å². The van der Waals surface area contributed by atoms with Crippen LogP contribution in [0.1, 0.15) is 43.1 Å². The average molecular weight is 327 g/mol. The zero-order valence-corrected chi connectivity index (χ0v) is 13.1. The molecule has 1 unspecified atom stereocenters. The van der Waals surface area contributed by atoms with Gasteiger partial charge in [0.25, 0.3) is 0 Å². The summed E-state index contributed by atoms with van der Waals surface area (Å²) in [5.74, 6) is 0.296. The predicted octanol–water partition coefficient (Wildman–Crippen LogP) is 4.41. The van der Waals surface area contributed by atoms with Gasteiger partial charge in [-0.2, -0.15) is 0 Å². The maximum absolute atomic E-state index is 11.7. The highest BCUT2D eigenvalue weighted by Gasteiger charge is 2.14. The topological polar surface area (TPSA) is 35.5 Å². The Morgan fingerprint density at radius 3 is 2.63 bits per heavy atom. The highest BCUT2D eigenvalue weighted by molar-refractivity contribution is 9.09. The zero-order chi connectivity index (χ0) is 14.4. The van der Waals surface area contributed by atoms with Gasteiger partial charge in [0.15, 0.2) is 5.01 Å². The lowest BCUT2D eigenvalue weighted by molar-refractivity contribution is 0.0526. The third kappa shape index (κ3) is 4.39. The average Bonchev–Trinajstić information content (AvgIpc) is 2.37. The normalized spacial score (nSPS) is 11.8. The van der Waals surface area contributed by atoms with Gasteiger partial charge in [-0.15, -0.1) is 0 Å². The third-order valence-corrected chi connectivity index (χ3v) is 2.78. The first-order valence-electron chi connectivity index (χ1n) is 6.29. The number of carbonyl (C=O) groups excluding carboxylic acids is 1. The van der Waals surface area contributed by atoms with Gasteiger partial charge in [-0.05, 0) is 53.9 Å². The molecule has 1 rings (SSSR count).